The molecule has 0 aliphatic carbocycles. The summed E-state index contributed by atoms with van der Waals surface area (Å²) < 4.78 is 37.9. The van der Waals surface area contributed by atoms with Crippen molar-refractivity contribution in [2.75, 3.05) is 17.6 Å². The predicted molar refractivity (Wildman–Crippen MR) is 94.2 cm³/mol. The van der Waals surface area contributed by atoms with Crippen molar-refractivity contribution in [3.63, 3.8) is 0 Å². The predicted octanol–water partition coefficient (Wildman–Crippen LogP) is 2.47. The number of benzene rings is 1. The Balaban J connectivity index is 2.76. The number of sulfonamides is 1. The maximum atomic E-state index is 13.2. The van der Waals surface area contributed by atoms with Gasteiger partial charge in [0.15, 0.2) is 0 Å². The van der Waals surface area contributed by atoms with Crippen molar-refractivity contribution in [2.24, 2.45) is 0 Å². The van der Waals surface area contributed by atoms with Crippen LogP contribution in [0.3, 0.4) is 0 Å². The summed E-state index contributed by atoms with van der Waals surface area (Å²) in [6.45, 7) is 3.89. The Kier molecular flexibility index (Phi) is 5.27. The lowest BCUT2D eigenvalue weighted by atomic mass is 9.88. The second-order valence-corrected chi connectivity index (χ2v) is 7.85. The van der Waals surface area contributed by atoms with Crippen LogP contribution in [0.2, 0.25) is 0 Å². The fourth-order valence-corrected chi connectivity index (χ4v) is 2.68. The summed E-state index contributed by atoms with van der Waals surface area (Å²) in [5, 5.41) is 0. The minimum atomic E-state index is -3.51. The summed E-state index contributed by atoms with van der Waals surface area (Å²) in [4.78, 5) is 8.78. The molecule has 0 saturated heterocycles. The summed E-state index contributed by atoms with van der Waals surface area (Å²) in [6, 6.07) is 5.83. The molecule has 24 heavy (non-hydrogen) atoms. The SMILES string of the molecule is [B]Cc1c(-c2ccc(F)cc2)nc(N(C)S(C)(=O)=O)nc1C(C)C. The third-order valence-electron chi connectivity index (χ3n) is 3.68. The number of anilines is 1. The van der Waals surface area contributed by atoms with Gasteiger partial charge in [0.2, 0.25) is 16.0 Å². The van der Waals surface area contributed by atoms with Crippen LogP contribution in [0.15, 0.2) is 24.3 Å². The second-order valence-electron chi connectivity index (χ2n) is 5.83. The standard InChI is InChI=1S/C16H19BFN3O2S/c1-10(2)14-13(9-17)15(11-5-7-12(18)8-6-11)20-16(19-14)21(3)24(4,22)23/h5-8,10H,9H2,1-4H3. The molecule has 1 aromatic carbocycles. The van der Waals surface area contributed by atoms with Crippen molar-refractivity contribution in [1.82, 2.24) is 9.97 Å². The fraction of sp³-hybridized carbons (Fsp3) is 0.375. The van der Waals surface area contributed by atoms with E-state index in [1.807, 2.05) is 13.8 Å². The number of rotatable bonds is 5. The molecule has 0 spiro atoms. The highest BCUT2D eigenvalue weighted by molar-refractivity contribution is 7.92. The first-order chi connectivity index (χ1) is 11.1. The smallest absolute Gasteiger partial charge is 0.239 e. The van der Waals surface area contributed by atoms with Gasteiger partial charge in [0.25, 0.3) is 0 Å². The van der Waals surface area contributed by atoms with Crippen molar-refractivity contribution >= 4 is 23.8 Å². The third-order valence-corrected chi connectivity index (χ3v) is 4.83. The van der Waals surface area contributed by atoms with Gasteiger partial charge in [-0.1, -0.05) is 20.2 Å². The minimum Gasteiger partial charge on any atom is -0.241 e. The lowest BCUT2D eigenvalue weighted by Crippen LogP contribution is -2.28. The molecule has 1 aromatic heterocycles. The molecule has 2 rings (SSSR count). The van der Waals surface area contributed by atoms with E-state index in [1.165, 1.54) is 19.2 Å². The van der Waals surface area contributed by atoms with E-state index in [1.54, 1.807) is 12.1 Å². The molecular formula is C16H19BFN3O2S. The van der Waals surface area contributed by atoms with Gasteiger partial charge in [-0.2, -0.15) is 0 Å². The van der Waals surface area contributed by atoms with Crippen LogP contribution in [0, 0.1) is 5.82 Å². The fourth-order valence-electron chi connectivity index (χ4n) is 2.30. The van der Waals surface area contributed by atoms with Gasteiger partial charge in [0.1, 0.15) is 5.82 Å². The molecule has 126 valence electrons. The highest BCUT2D eigenvalue weighted by Crippen LogP contribution is 2.30. The van der Waals surface area contributed by atoms with Crippen LogP contribution in [0.4, 0.5) is 10.3 Å². The Morgan fingerprint density at radius 2 is 1.79 bits per heavy atom. The van der Waals surface area contributed by atoms with Crippen LogP contribution >= 0.6 is 0 Å². The van der Waals surface area contributed by atoms with Crippen LogP contribution in [0.1, 0.15) is 31.0 Å². The zero-order valence-electron chi connectivity index (χ0n) is 14.1. The molecule has 0 aliphatic heterocycles. The maximum Gasteiger partial charge on any atom is 0.239 e. The van der Waals surface area contributed by atoms with Gasteiger partial charge in [0.05, 0.1) is 25.5 Å². The molecule has 0 fully saturated rings. The van der Waals surface area contributed by atoms with Gasteiger partial charge >= 0.3 is 0 Å². The Morgan fingerprint density at radius 1 is 1.21 bits per heavy atom. The van der Waals surface area contributed by atoms with Crippen molar-refractivity contribution in [1.29, 1.82) is 0 Å². The van der Waals surface area contributed by atoms with E-state index in [-0.39, 0.29) is 24.0 Å². The molecule has 0 bridgehead atoms. The average molecular weight is 347 g/mol. The molecule has 0 unspecified atom stereocenters. The monoisotopic (exact) mass is 347 g/mol. The summed E-state index contributed by atoms with van der Waals surface area (Å²) in [5.41, 5.74) is 2.57. The molecule has 0 N–H and O–H groups in total. The molecular weight excluding hydrogens is 328 g/mol. The number of hydrogen-bond acceptors (Lipinski definition) is 4. The summed E-state index contributed by atoms with van der Waals surface area (Å²) in [6.07, 6.45) is 1.28. The summed E-state index contributed by atoms with van der Waals surface area (Å²) in [5.74, 6) is -0.269. The molecule has 2 aromatic rings. The van der Waals surface area contributed by atoms with Crippen LogP contribution in [-0.2, 0) is 16.3 Å². The number of aromatic nitrogens is 2. The molecule has 5 nitrogen and oxygen atoms in total. The average Bonchev–Trinajstić information content (AvgIpc) is 2.52. The molecule has 0 atom stereocenters. The van der Waals surface area contributed by atoms with Crippen LogP contribution in [0.5, 0.6) is 0 Å². The normalized spacial score (nSPS) is 11.8. The Hall–Kier alpha value is -1.96. The highest BCUT2D eigenvalue weighted by Gasteiger charge is 2.21. The first kappa shape index (κ1) is 18.4. The summed E-state index contributed by atoms with van der Waals surface area (Å²) >= 11 is 0. The van der Waals surface area contributed by atoms with Crippen LogP contribution in [0.25, 0.3) is 11.3 Å². The lowest BCUT2D eigenvalue weighted by Gasteiger charge is -2.21. The van der Waals surface area contributed by atoms with Gasteiger partial charge in [-0.15, -0.1) is 0 Å². The topological polar surface area (TPSA) is 63.2 Å². The van der Waals surface area contributed by atoms with Gasteiger partial charge in [-0.3, -0.25) is 0 Å². The van der Waals surface area contributed by atoms with E-state index in [2.05, 4.69) is 9.97 Å². The van der Waals surface area contributed by atoms with Gasteiger partial charge < -0.3 is 0 Å². The van der Waals surface area contributed by atoms with Crippen molar-refractivity contribution in [2.45, 2.75) is 26.1 Å². The first-order valence-electron chi connectivity index (χ1n) is 7.45. The third kappa shape index (κ3) is 3.75. The lowest BCUT2D eigenvalue weighted by molar-refractivity contribution is 0.599. The highest BCUT2D eigenvalue weighted by atomic mass is 32.2. The van der Waals surface area contributed by atoms with E-state index in [0.29, 0.717) is 17.0 Å². The molecule has 8 heteroatoms. The number of halogens is 1. The maximum absolute atomic E-state index is 13.2. The summed E-state index contributed by atoms with van der Waals surface area (Å²) in [7, 11) is 3.77. The molecule has 0 saturated carbocycles. The van der Waals surface area contributed by atoms with E-state index < -0.39 is 10.0 Å². The van der Waals surface area contributed by atoms with E-state index in [0.717, 1.165) is 16.1 Å². The first-order valence-corrected chi connectivity index (χ1v) is 9.30. The Bertz CT molecular complexity index is 839. The molecule has 1 heterocycles. The van der Waals surface area contributed by atoms with Crippen molar-refractivity contribution in [3.05, 3.63) is 41.3 Å². The van der Waals surface area contributed by atoms with Crippen LogP contribution in [-0.4, -0.2) is 39.5 Å². The zero-order chi connectivity index (χ0) is 18.1. The second kappa shape index (κ2) is 6.89. The largest absolute Gasteiger partial charge is 0.241 e. The van der Waals surface area contributed by atoms with Gasteiger partial charge in [0, 0.05) is 12.6 Å². The van der Waals surface area contributed by atoms with Crippen molar-refractivity contribution < 1.29 is 12.8 Å². The molecule has 2 radical (unpaired) electrons. The minimum absolute atomic E-state index is 0.0254. The Morgan fingerprint density at radius 3 is 2.25 bits per heavy atom. The number of nitrogens with zero attached hydrogens (tertiary/aromatic N) is 3. The van der Waals surface area contributed by atoms with E-state index >= 15 is 0 Å². The zero-order valence-corrected chi connectivity index (χ0v) is 14.9. The van der Waals surface area contributed by atoms with Crippen LogP contribution < -0.4 is 4.31 Å². The molecule has 0 aliphatic rings. The Labute approximate surface area is 143 Å². The quantitative estimate of drug-likeness (QED) is 0.780. The van der Waals surface area contributed by atoms with Gasteiger partial charge in [-0.25, -0.2) is 27.1 Å². The molecule has 0 amide bonds. The van der Waals surface area contributed by atoms with Crippen molar-refractivity contribution in [3.8, 4) is 11.3 Å². The number of hydrogen-bond donors (Lipinski definition) is 0. The van der Waals surface area contributed by atoms with Gasteiger partial charge in [-0.05, 0) is 35.7 Å². The van der Waals surface area contributed by atoms with E-state index in [9.17, 15) is 12.8 Å². The van der Waals surface area contributed by atoms with E-state index in [4.69, 9.17) is 7.85 Å².